The van der Waals surface area contributed by atoms with Crippen LogP contribution in [0.15, 0.2) is 12.3 Å². The molecular formula is C9H19N2O5P. The molecule has 0 aromatic carbocycles. The molecule has 0 saturated carbocycles. The van der Waals surface area contributed by atoms with E-state index in [2.05, 4.69) is 15.6 Å². The number of carbonyl (C=O) groups is 1. The zero-order valence-electron chi connectivity index (χ0n) is 10.3. The second-order valence-electron chi connectivity index (χ2n) is 2.79. The molecule has 0 spiro atoms. The first-order valence-electron chi connectivity index (χ1n) is 5.25. The molecule has 0 aromatic rings. The second-order valence-corrected chi connectivity index (χ2v) is 4.89. The highest BCUT2D eigenvalue weighted by molar-refractivity contribution is 7.54. The normalized spacial score (nSPS) is 11.5. The van der Waals surface area contributed by atoms with E-state index in [-0.39, 0.29) is 6.16 Å². The molecule has 17 heavy (non-hydrogen) atoms. The van der Waals surface area contributed by atoms with Crippen LogP contribution in [0.4, 0.5) is 4.79 Å². The van der Waals surface area contributed by atoms with Gasteiger partial charge in [0, 0.05) is 13.2 Å². The maximum Gasteiger partial charge on any atom is 0.431 e. The second kappa shape index (κ2) is 9.04. The Hall–Kier alpha value is -1.04. The lowest BCUT2D eigenvalue weighted by Gasteiger charge is -2.14. The molecule has 8 heteroatoms. The highest BCUT2D eigenvalue weighted by Gasteiger charge is 2.20. The summed E-state index contributed by atoms with van der Waals surface area (Å²) in [5.41, 5.74) is 2.27. The van der Waals surface area contributed by atoms with Gasteiger partial charge in [-0.2, -0.15) is 0 Å². The van der Waals surface area contributed by atoms with Gasteiger partial charge >= 0.3 is 13.7 Å². The van der Waals surface area contributed by atoms with Crippen molar-refractivity contribution in [2.45, 2.75) is 13.8 Å². The standard InChI is InChI=1S/C9H19N2O5P/c1-4-14-17(13,15-5-2)8-6-7-11-16-9(12)10-3/h6-7,11H,4-5,8H2,1-3H3,(H,10,12)/b7-6+. The van der Waals surface area contributed by atoms with Crippen molar-refractivity contribution in [3.05, 3.63) is 12.3 Å². The summed E-state index contributed by atoms with van der Waals surface area (Å²) in [7, 11) is -1.64. The predicted molar refractivity (Wildman–Crippen MR) is 63.5 cm³/mol. The van der Waals surface area contributed by atoms with Gasteiger partial charge in [0.1, 0.15) is 0 Å². The molecule has 7 nitrogen and oxygen atoms in total. The SMILES string of the molecule is CCOP(=O)(C/C=C/NOC(=O)NC)OCC. The van der Waals surface area contributed by atoms with Gasteiger partial charge in [-0.15, -0.1) is 0 Å². The Bertz CT molecular complexity index is 285. The minimum absolute atomic E-state index is 0.110. The van der Waals surface area contributed by atoms with Gasteiger partial charge in [-0.05, 0) is 13.8 Å². The lowest BCUT2D eigenvalue weighted by molar-refractivity contribution is 0.113. The van der Waals surface area contributed by atoms with Crippen LogP contribution in [-0.2, 0) is 18.5 Å². The molecule has 0 aliphatic heterocycles. The van der Waals surface area contributed by atoms with E-state index in [4.69, 9.17) is 9.05 Å². The number of hydroxylamine groups is 1. The van der Waals surface area contributed by atoms with E-state index in [1.165, 1.54) is 19.3 Å². The highest BCUT2D eigenvalue weighted by atomic mass is 31.2. The third-order valence-corrected chi connectivity index (χ3v) is 3.48. The number of nitrogens with one attached hydrogen (secondary N) is 2. The third-order valence-electron chi connectivity index (χ3n) is 1.52. The Morgan fingerprint density at radius 2 is 1.88 bits per heavy atom. The van der Waals surface area contributed by atoms with Crippen LogP contribution >= 0.6 is 7.60 Å². The van der Waals surface area contributed by atoms with Gasteiger partial charge < -0.3 is 19.2 Å². The molecule has 0 aliphatic rings. The van der Waals surface area contributed by atoms with Gasteiger partial charge in [-0.3, -0.25) is 4.57 Å². The van der Waals surface area contributed by atoms with Crippen LogP contribution in [0.25, 0.3) is 0 Å². The van der Waals surface area contributed by atoms with E-state index < -0.39 is 13.7 Å². The molecule has 0 aromatic heterocycles. The summed E-state index contributed by atoms with van der Waals surface area (Å²) in [6.45, 7) is 4.10. The van der Waals surface area contributed by atoms with Crippen LogP contribution in [0.2, 0.25) is 0 Å². The van der Waals surface area contributed by atoms with Crippen molar-refractivity contribution >= 4 is 13.7 Å². The van der Waals surface area contributed by atoms with Crippen molar-refractivity contribution in [2.24, 2.45) is 0 Å². The number of hydrogen-bond donors (Lipinski definition) is 2. The fourth-order valence-electron chi connectivity index (χ4n) is 0.905. The van der Waals surface area contributed by atoms with Crippen LogP contribution in [0, 0.1) is 0 Å². The minimum atomic E-state index is -3.07. The average Bonchev–Trinajstić information content (AvgIpc) is 2.29. The summed E-state index contributed by atoms with van der Waals surface area (Å²) in [4.78, 5) is 15.1. The van der Waals surface area contributed by atoms with Crippen molar-refractivity contribution < 1.29 is 23.2 Å². The largest absolute Gasteiger partial charge is 0.431 e. The zero-order chi connectivity index (χ0) is 13.1. The van der Waals surface area contributed by atoms with E-state index in [1.807, 2.05) is 0 Å². The maximum atomic E-state index is 11.9. The first-order valence-corrected chi connectivity index (χ1v) is 6.98. The molecule has 0 bridgehead atoms. The summed E-state index contributed by atoms with van der Waals surface area (Å²) in [6.07, 6.45) is 2.35. The lowest BCUT2D eigenvalue weighted by Crippen LogP contribution is -2.24. The topological polar surface area (TPSA) is 85.9 Å². The summed E-state index contributed by atoms with van der Waals surface area (Å²) in [5.74, 6) is 0. The van der Waals surface area contributed by atoms with Crippen LogP contribution < -0.4 is 10.8 Å². The Balaban J connectivity index is 4.00. The minimum Gasteiger partial charge on any atom is -0.325 e. The average molecular weight is 266 g/mol. The first kappa shape index (κ1) is 16.0. The molecule has 0 aliphatic carbocycles. The van der Waals surface area contributed by atoms with Gasteiger partial charge in [-0.25, -0.2) is 10.3 Å². The molecule has 1 amide bonds. The van der Waals surface area contributed by atoms with E-state index >= 15 is 0 Å². The number of carbonyl (C=O) groups excluding carboxylic acids is 1. The molecule has 100 valence electrons. The maximum absolute atomic E-state index is 11.9. The number of allylic oxidation sites excluding steroid dienone is 1. The van der Waals surface area contributed by atoms with Crippen molar-refractivity contribution in [3.63, 3.8) is 0 Å². The first-order chi connectivity index (χ1) is 8.08. The molecule has 0 radical (unpaired) electrons. The highest BCUT2D eigenvalue weighted by Crippen LogP contribution is 2.47. The molecule has 0 atom stereocenters. The number of amides is 1. The monoisotopic (exact) mass is 266 g/mol. The Morgan fingerprint density at radius 3 is 2.35 bits per heavy atom. The van der Waals surface area contributed by atoms with Crippen LogP contribution in [0.3, 0.4) is 0 Å². The van der Waals surface area contributed by atoms with Gasteiger partial charge in [0.15, 0.2) is 0 Å². The molecule has 0 unspecified atom stereocenters. The molecule has 0 rings (SSSR count). The Kier molecular flexibility index (Phi) is 8.49. The molecular weight excluding hydrogens is 247 g/mol. The van der Waals surface area contributed by atoms with Crippen molar-refractivity contribution in [2.75, 3.05) is 26.4 Å². The van der Waals surface area contributed by atoms with Crippen molar-refractivity contribution in [1.82, 2.24) is 10.8 Å². The van der Waals surface area contributed by atoms with Crippen LogP contribution in [-0.4, -0.2) is 32.5 Å². The third kappa shape index (κ3) is 7.79. The summed E-state index contributed by atoms with van der Waals surface area (Å²) < 4.78 is 22.0. The quantitative estimate of drug-likeness (QED) is 0.513. The number of rotatable bonds is 8. The molecule has 0 saturated heterocycles. The van der Waals surface area contributed by atoms with E-state index in [0.29, 0.717) is 13.2 Å². The van der Waals surface area contributed by atoms with E-state index in [1.54, 1.807) is 13.8 Å². The van der Waals surface area contributed by atoms with Crippen molar-refractivity contribution in [1.29, 1.82) is 0 Å². The summed E-state index contributed by atoms with van der Waals surface area (Å²) >= 11 is 0. The van der Waals surface area contributed by atoms with E-state index in [9.17, 15) is 9.36 Å². The lowest BCUT2D eigenvalue weighted by atomic mass is 10.7. The number of hydrogen-bond acceptors (Lipinski definition) is 6. The Labute approximate surface area is 101 Å². The van der Waals surface area contributed by atoms with Gasteiger partial charge in [0.2, 0.25) is 0 Å². The molecule has 0 heterocycles. The fraction of sp³-hybridized carbons (Fsp3) is 0.667. The smallest absolute Gasteiger partial charge is 0.325 e. The summed E-state index contributed by atoms with van der Waals surface area (Å²) in [6, 6.07) is 0. The fourth-order valence-corrected chi connectivity index (χ4v) is 2.34. The van der Waals surface area contributed by atoms with Crippen LogP contribution in [0.5, 0.6) is 0 Å². The zero-order valence-corrected chi connectivity index (χ0v) is 11.2. The van der Waals surface area contributed by atoms with Gasteiger partial charge in [0.25, 0.3) is 0 Å². The van der Waals surface area contributed by atoms with Gasteiger partial charge in [0.05, 0.1) is 19.4 Å². The predicted octanol–water partition coefficient (Wildman–Crippen LogP) is 1.63. The Morgan fingerprint density at radius 1 is 1.29 bits per heavy atom. The van der Waals surface area contributed by atoms with E-state index in [0.717, 1.165) is 0 Å². The van der Waals surface area contributed by atoms with Crippen LogP contribution in [0.1, 0.15) is 13.8 Å². The molecule has 0 fully saturated rings. The molecule has 2 N–H and O–H groups in total. The summed E-state index contributed by atoms with van der Waals surface area (Å²) in [5, 5.41) is 2.25. The van der Waals surface area contributed by atoms with Gasteiger partial charge in [-0.1, -0.05) is 6.08 Å². The van der Waals surface area contributed by atoms with Crippen molar-refractivity contribution in [3.8, 4) is 0 Å².